The Bertz CT molecular complexity index is 901. The highest BCUT2D eigenvalue weighted by Gasteiger charge is 2.16. The van der Waals surface area contributed by atoms with Gasteiger partial charge < -0.3 is 10.2 Å². The van der Waals surface area contributed by atoms with E-state index >= 15 is 0 Å². The quantitative estimate of drug-likeness (QED) is 0.659. The minimum Gasteiger partial charge on any atom is -0.350 e. The number of hydrogen-bond donors (Lipinski definition) is 1. The average Bonchev–Trinajstić information content (AvgIpc) is 2.72. The van der Waals surface area contributed by atoms with E-state index in [1.807, 2.05) is 61.5 Å². The number of rotatable bonds is 7. The molecule has 0 aliphatic rings. The highest BCUT2D eigenvalue weighted by Crippen LogP contribution is 2.16. The maximum Gasteiger partial charge on any atom is 0.272 e. The number of nitrogens with one attached hydrogen (secondary N) is 1. The van der Waals surface area contributed by atoms with Crippen molar-refractivity contribution in [2.24, 2.45) is 0 Å². The highest BCUT2D eigenvalue weighted by atomic mass is 35.5. The number of carbonyl (C=O) groups excluding carboxylic acids is 1. The second-order valence-corrected chi connectivity index (χ2v) is 6.42. The van der Waals surface area contributed by atoms with Crippen molar-refractivity contribution in [1.82, 2.24) is 14.9 Å². The van der Waals surface area contributed by atoms with Gasteiger partial charge in [0, 0.05) is 30.9 Å². The predicted molar refractivity (Wildman–Crippen MR) is 108 cm³/mol. The molecule has 1 N–H and O–H groups in total. The van der Waals surface area contributed by atoms with Gasteiger partial charge in [0.1, 0.15) is 5.69 Å². The molecule has 5 nitrogen and oxygen atoms in total. The molecule has 0 fully saturated rings. The summed E-state index contributed by atoms with van der Waals surface area (Å²) in [4.78, 5) is 23.2. The van der Waals surface area contributed by atoms with E-state index < -0.39 is 0 Å². The van der Waals surface area contributed by atoms with Crippen LogP contribution in [0.25, 0.3) is 0 Å². The Morgan fingerprint density at radius 1 is 1.07 bits per heavy atom. The smallest absolute Gasteiger partial charge is 0.272 e. The molecular formula is C21H21ClN4O. The number of hydrogen-bond acceptors (Lipinski definition) is 4. The lowest BCUT2D eigenvalue weighted by Gasteiger charge is -2.20. The van der Waals surface area contributed by atoms with Crippen LogP contribution in [0.4, 0.5) is 5.95 Å². The van der Waals surface area contributed by atoms with Crippen molar-refractivity contribution in [3.05, 3.63) is 88.7 Å². The number of aromatic nitrogens is 2. The van der Waals surface area contributed by atoms with Gasteiger partial charge in [-0.1, -0.05) is 60.1 Å². The van der Waals surface area contributed by atoms with Gasteiger partial charge in [0.25, 0.3) is 5.91 Å². The number of benzene rings is 2. The van der Waals surface area contributed by atoms with E-state index in [1.165, 1.54) is 0 Å². The van der Waals surface area contributed by atoms with E-state index in [-0.39, 0.29) is 5.91 Å². The Hall–Kier alpha value is -2.92. The molecule has 0 atom stereocenters. The van der Waals surface area contributed by atoms with Crippen LogP contribution in [-0.2, 0) is 13.1 Å². The molecule has 0 radical (unpaired) electrons. The molecule has 1 heterocycles. The molecule has 3 rings (SSSR count). The monoisotopic (exact) mass is 380 g/mol. The van der Waals surface area contributed by atoms with Crippen molar-refractivity contribution in [2.45, 2.75) is 20.0 Å². The Kier molecular flexibility index (Phi) is 6.39. The normalized spacial score (nSPS) is 10.4. The molecule has 1 aromatic heterocycles. The fourth-order valence-electron chi connectivity index (χ4n) is 2.67. The Morgan fingerprint density at radius 3 is 2.56 bits per heavy atom. The van der Waals surface area contributed by atoms with Gasteiger partial charge in [0.2, 0.25) is 5.95 Å². The van der Waals surface area contributed by atoms with Crippen LogP contribution >= 0.6 is 11.6 Å². The second-order valence-electron chi connectivity index (χ2n) is 6.02. The summed E-state index contributed by atoms with van der Waals surface area (Å²) in [5.74, 6) is 0.279. The van der Waals surface area contributed by atoms with Gasteiger partial charge in [0.15, 0.2) is 0 Å². The van der Waals surface area contributed by atoms with Crippen LogP contribution in [0.5, 0.6) is 0 Å². The first-order chi connectivity index (χ1) is 13.2. The Balaban J connectivity index is 1.70. The molecule has 0 aliphatic carbocycles. The molecule has 1 amide bonds. The minimum atomic E-state index is -0.121. The average molecular weight is 381 g/mol. The lowest BCUT2D eigenvalue weighted by molar-refractivity contribution is 0.0746. The maximum atomic E-state index is 12.8. The largest absolute Gasteiger partial charge is 0.350 e. The van der Waals surface area contributed by atoms with Gasteiger partial charge >= 0.3 is 0 Å². The number of halogens is 1. The van der Waals surface area contributed by atoms with E-state index in [0.717, 1.165) is 11.1 Å². The van der Waals surface area contributed by atoms with Gasteiger partial charge in [-0.15, -0.1) is 0 Å². The minimum absolute atomic E-state index is 0.121. The van der Waals surface area contributed by atoms with Crippen LogP contribution in [0.2, 0.25) is 5.02 Å². The first-order valence-electron chi connectivity index (χ1n) is 8.81. The van der Waals surface area contributed by atoms with Gasteiger partial charge in [-0.3, -0.25) is 4.79 Å². The standard InChI is InChI=1S/C21H21ClN4O/c1-2-26(15-16-8-4-3-5-9-16)20(27)19-12-13-23-21(25-19)24-14-17-10-6-7-11-18(17)22/h3-13H,2,14-15H2,1H3,(H,23,24,25). The summed E-state index contributed by atoms with van der Waals surface area (Å²) < 4.78 is 0. The molecule has 3 aromatic rings. The van der Waals surface area contributed by atoms with E-state index in [4.69, 9.17) is 11.6 Å². The Labute approximate surface area is 164 Å². The van der Waals surface area contributed by atoms with Gasteiger partial charge in [-0.2, -0.15) is 0 Å². The third-order valence-electron chi connectivity index (χ3n) is 4.15. The van der Waals surface area contributed by atoms with Crippen molar-refractivity contribution >= 4 is 23.5 Å². The molecule has 27 heavy (non-hydrogen) atoms. The molecule has 0 spiro atoms. The third-order valence-corrected chi connectivity index (χ3v) is 4.52. The molecule has 2 aromatic carbocycles. The Morgan fingerprint density at radius 2 is 1.81 bits per heavy atom. The molecule has 0 saturated carbocycles. The van der Waals surface area contributed by atoms with Crippen LogP contribution in [0.1, 0.15) is 28.5 Å². The van der Waals surface area contributed by atoms with Crippen LogP contribution in [-0.4, -0.2) is 27.3 Å². The van der Waals surface area contributed by atoms with E-state index in [1.54, 1.807) is 17.2 Å². The predicted octanol–water partition coefficient (Wildman–Crippen LogP) is 4.40. The molecule has 0 aliphatic heterocycles. The summed E-state index contributed by atoms with van der Waals surface area (Å²) in [6, 6.07) is 19.1. The number of amides is 1. The number of carbonyl (C=O) groups is 1. The SMILES string of the molecule is CCN(Cc1ccccc1)C(=O)c1ccnc(NCc2ccccc2Cl)n1. The van der Waals surface area contributed by atoms with Crippen molar-refractivity contribution in [1.29, 1.82) is 0 Å². The zero-order valence-electron chi connectivity index (χ0n) is 15.1. The molecule has 0 bridgehead atoms. The molecular weight excluding hydrogens is 360 g/mol. The summed E-state index contributed by atoms with van der Waals surface area (Å²) in [6.07, 6.45) is 1.59. The number of anilines is 1. The third kappa shape index (κ3) is 5.05. The van der Waals surface area contributed by atoms with E-state index in [2.05, 4.69) is 15.3 Å². The first-order valence-corrected chi connectivity index (χ1v) is 9.18. The fourth-order valence-corrected chi connectivity index (χ4v) is 2.87. The second kappa shape index (κ2) is 9.14. The van der Waals surface area contributed by atoms with Crippen LogP contribution in [0, 0.1) is 0 Å². The van der Waals surface area contributed by atoms with Gasteiger partial charge in [-0.25, -0.2) is 9.97 Å². The van der Waals surface area contributed by atoms with Gasteiger partial charge in [0.05, 0.1) is 0 Å². The maximum absolute atomic E-state index is 12.8. The molecule has 0 saturated heterocycles. The van der Waals surface area contributed by atoms with Crippen LogP contribution < -0.4 is 5.32 Å². The summed E-state index contributed by atoms with van der Waals surface area (Å²) in [5.41, 5.74) is 2.39. The summed E-state index contributed by atoms with van der Waals surface area (Å²) in [6.45, 7) is 3.58. The van der Waals surface area contributed by atoms with Crippen molar-refractivity contribution in [3.63, 3.8) is 0 Å². The fraction of sp³-hybridized carbons (Fsp3) is 0.190. The van der Waals surface area contributed by atoms with Crippen molar-refractivity contribution in [2.75, 3.05) is 11.9 Å². The number of nitrogens with zero attached hydrogens (tertiary/aromatic N) is 3. The molecule has 138 valence electrons. The van der Waals surface area contributed by atoms with E-state index in [0.29, 0.717) is 36.3 Å². The summed E-state index contributed by atoms with van der Waals surface area (Å²) >= 11 is 6.17. The van der Waals surface area contributed by atoms with Gasteiger partial charge in [-0.05, 0) is 30.2 Å². The topological polar surface area (TPSA) is 58.1 Å². The lowest BCUT2D eigenvalue weighted by Crippen LogP contribution is -2.31. The molecule has 0 unspecified atom stereocenters. The van der Waals surface area contributed by atoms with Crippen molar-refractivity contribution in [3.8, 4) is 0 Å². The van der Waals surface area contributed by atoms with Crippen molar-refractivity contribution < 1.29 is 4.79 Å². The lowest BCUT2D eigenvalue weighted by atomic mass is 10.2. The van der Waals surface area contributed by atoms with Crippen LogP contribution in [0.15, 0.2) is 66.9 Å². The summed E-state index contributed by atoms with van der Waals surface area (Å²) in [7, 11) is 0. The zero-order chi connectivity index (χ0) is 19.1. The first kappa shape index (κ1) is 18.9. The van der Waals surface area contributed by atoms with E-state index in [9.17, 15) is 4.79 Å². The molecule has 6 heteroatoms. The highest BCUT2D eigenvalue weighted by molar-refractivity contribution is 6.31. The summed E-state index contributed by atoms with van der Waals surface area (Å²) in [5, 5.41) is 3.80. The zero-order valence-corrected chi connectivity index (χ0v) is 15.9. The van der Waals surface area contributed by atoms with Crippen LogP contribution in [0.3, 0.4) is 0 Å².